The van der Waals surface area contributed by atoms with Crippen LogP contribution >= 0.6 is 23.2 Å². The molecule has 1 aliphatic rings. The summed E-state index contributed by atoms with van der Waals surface area (Å²) in [5, 5.41) is 12.2. The van der Waals surface area contributed by atoms with Gasteiger partial charge in [0.25, 0.3) is 0 Å². The fourth-order valence-corrected chi connectivity index (χ4v) is 4.13. The molecule has 1 aliphatic heterocycles. The molecule has 11 heteroatoms. The van der Waals surface area contributed by atoms with E-state index in [2.05, 4.69) is 15.3 Å². The number of aromatic nitrogens is 2. The summed E-state index contributed by atoms with van der Waals surface area (Å²) in [6, 6.07) is 12.4. The van der Waals surface area contributed by atoms with E-state index in [1.54, 1.807) is 55.1 Å². The van der Waals surface area contributed by atoms with Crippen LogP contribution in [-0.4, -0.2) is 41.5 Å². The van der Waals surface area contributed by atoms with E-state index in [-0.39, 0.29) is 18.7 Å². The van der Waals surface area contributed by atoms with Crippen molar-refractivity contribution in [3.05, 3.63) is 76.8 Å². The number of imidazole rings is 1. The fourth-order valence-electron chi connectivity index (χ4n) is 3.58. The van der Waals surface area contributed by atoms with Gasteiger partial charge in [0.05, 0.1) is 36.8 Å². The Labute approximate surface area is 212 Å². The van der Waals surface area contributed by atoms with E-state index in [9.17, 15) is 0 Å². The molecule has 1 N–H and O–H groups in total. The van der Waals surface area contributed by atoms with Crippen LogP contribution < -0.4 is 10.1 Å². The van der Waals surface area contributed by atoms with Crippen molar-refractivity contribution in [3.8, 4) is 11.9 Å². The van der Waals surface area contributed by atoms with Crippen LogP contribution in [0.5, 0.6) is 5.75 Å². The highest BCUT2D eigenvalue weighted by Gasteiger charge is 2.45. The lowest BCUT2D eigenvalue weighted by Crippen LogP contribution is -2.34. The van der Waals surface area contributed by atoms with Gasteiger partial charge in [-0.2, -0.15) is 10.3 Å². The Morgan fingerprint density at radius 3 is 2.83 bits per heavy atom. The Bertz CT molecular complexity index is 1200. The minimum Gasteiger partial charge on any atom is -0.491 e. The summed E-state index contributed by atoms with van der Waals surface area (Å²) in [6.45, 7) is 3.14. The van der Waals surface area contributed by atoms with Gasteiger partial charge in [-0.05, 0) is 43.3 Å². The Hall–Kier alpha value is -3.29. The fraction of sp³-hybridized carbons (Fsp3) is 0.292. The van der Waals surface area contributed by atoms with Crippen LogP contribution in [0.15, 0.2) is 66.2 Å². The molecule has 35 heavy (non-hydrogen) atoms. The molecule has 2 atom stereocenters. The third-order valence-corrected chi connectivity index (χ3v) is 5.65. The number of hydrogen-bond acceptors (Lipinski definition) is 7. The summed E-state index contributed by atoms with van der Waals surface area (Å²) in [5.74, 6) is -0.478. The minimum absolute atomic E-state index is 0.135. The van der Waals surface area contributed by atoms with Crippen molar-refractivity contribution >= 4 is 34.9 Å². The monoisotopic (exact) mass is 515 g/mol. The zero-order valence-corrected chi connectivity index (χ0v) is 20.4. The smallest absolute Gasteiger partial charge is 0.303 e. The molecule has 2 heterocycles. The van der Waals surface area contributed by atoms with Crippen LogP contribution in [0.1, 0.15) is 12.5 Å². The highest BCUT2D eigenvalue weighted by Crippen LogP contribution is 2.40. The van der Waals surface area contributed by atoms with E-state index in [1.165, 1.54) is 0 Å². The largest absolute Gasteiger partial charge is 0.491 e. The van der Waals surface area contributed by atoms with Gasteiger partial charge < -0.3 is 23.5 Å². The summed E-state index contributed by atoms with van der Waals surface area (Å²) in [6.07, 6.45) is 6.66. The molecular weight excluding hydrogens is 493 g/mol. The quantitative estimate of drug-likeness (QED) is 0.202. The average Bonchev–Trinajstić information content (AvgIpc) is 3.50. The first-order valence-electron chi connectivity index (χ1n) is 10.8. The van der Waals surface area contributed by atoms with Crippen LogP contribution in [0.3, 0.4) is 0 Å². The molecule has 1 saturated heterocycles. The second kappa shape index (κ2) is 11.4. The molecule has 0 saturated carbocycles. The maximum absolute atomic E-state index is 8.79. The minimum atomic E-state index is -1.11. The third-order valence-electron chi connectivity index (χ3n) is 5.10. The Morgan fingerprint density at radius 1 is 1.31 bits per heavy atom. The second-order valence-electron chi connectivity index (χ2n) is 7.55. The molecule has 4 rings (SSSR count). The topological polar surface area (TPSA) is 103 Å². The second-order valence-corrected chi connectivity index (χ2v) is 8.40. The van der Waals surface area contributed by atoms with Gasteiger partial charge >= 0.3 is 6.02 Å². The van der Waals surface area contributed by atoms with Gasteiger partial charge in [0, 0.05) is 23.0 Å². The number of aliphatic imine (C=N–C) groups is 1. The average molecular weight is 516 g/mol. The molecule has 0 aliphatic carbocycles. The van der Waals surface area contributed by atoms with Gasteiger partial charge in [-0.1, -0.05) is 29.3 Å². The van der Waals surface area contributed by atoms with E-state index in [1.807, 2.05) is 23.8 Å². The zero-order valence-electron chi connectivity index (χ0n) is 18.9. The van der Waals surface area contributed by atoms with E-state index < -0.39 is 5.79 Å². The van der Waals surface area contributed by atoms with Crippen molar-refractivity contribution in [3.63, 3.8) is 0 Å². The van der Waals surface area contributed by atoms with Gasteiger partial charge in [-0.3, -0.25) is 0 Å². The Balaban J connectivity index is 1.43. The number of nitrogens with zero attached hydrogens (tertiary/aromatic N) is 4. The van der Waals surface area contributed by atoms with Gasteiger partial charge in [-0.15, -0.1) is 0 Å². The molecule has 3 aromatic rings. The number of ether oxygens (including phenoxy) is 4. The van der Waals surface area contributed by atoms with Gasteiger partial charge in [0.2, 0.25) is 5.79 Å². The van der Waals surface area contributed by atoms with Crippen LogP contribution in [-0.2, 0) is 26.5 Å². The number of nitriles is 1. The van der Waals surface area contributed by atoms with E-state index in [0.29, 0.717) is 46.8 Å². The van der Waals surface area contributed by atoms with Gasteiger partial charge in [0.15, 0.2) is 6.19 Å². The third kappa shape index (κ3) is 6.24. The SMILES string of the molecule is CCOC(=Nc1ccc(OCC2COC(Cn3ccnc3)(c3ccc(Cl)cc3Cl)O2)cc1)NC#N. The normalized spacial score (nSPS) is 19.8. The number of hydrogen-bond donors (Lipinski definition) is 1. The first-order chi connectivity index (χ1) is 17.0. The van der Waals surface area contributed by atoms with Crippen molar-refractivity contribution in [2.45, 2.75) is 25.4 Å². The lowest BCUT2D eigenvalue weighted by molar-refractivity contribution is -0.189. The number of rotatable bonds is 8. The highest BCUT2D eigenvalue weighted by atomic mass is 35.5. The standard InChI is InChI=1S/C24H23Cl2N5O4/c1-2-32-23(29-15-27)30-18-4-6-19(7-5-18)33-12-20-13-34-24(35-20,14-31-10-9-28-16-31)21-8-3-17(25)11-22(21)26/h3-11,16,20H,2,12-14H2,1H3,(H,29,30). The van der Waals surface area contributed by atoms with Crippen molar-refractivity contribution < 1.29 is 18.9 Å². The number of amidine groups is 1. The summed E-state index contributed by atoms with van der Waals surface area (Å²) >= 11 is 12.6. The number of nitrogens with one attached hydrogen (secondary N) is 1. The highest BCUT2D eigenvalue weighted by molar-refractivity contribution is 6.35. The number of halogens is 2. The molecule has 2 unspecified atom stereocenters. The maximum Gasteiger partial charge on any atom is 0.303 e. The van der Waals surface area contributed by atoms with E-state index >= 15 is 0 Å². The first kappa shape index (κ1) is 24.8. The zero-order chi connectivity index (χ0) is 24.7. The predicted molar refractivity (Wildman–Crippen MR) is 131 cm³/mol. The van der Waals surface area contributed by atoms with Crippen molar-refractivity contribution in [1.29, 1.82) is 5.26 Å². The molecule has 0 amide bonds. The molecule has 182 valence electrons. The van der Waals surface area contributed by atoms with Crippen LogP contribution in [0.25, 0.3) is 0 Å². The lowest BCUT2D eigenvalue weighted by atomic mass is 10.1. The van der Waals surface area contributed by atoms with Crippen LogP contribution in [0, 0.1) is 11.5 Å². The molecule has 1 fully saturated rings. The number of benzene rings is 2. The van der Waals surface area contributed by atoms with Gasteiger partial charge in [-0.25, -0.2) is 10.3 Å². The van der Waals surface area contributed by atoms with Gasteiger partial charge in [0.1, 0.15) is 18.5 Å². The molecule has 0 spiro atoms. The summed E-state index contributed by atoms with van der Waals surface area (Å²) < 4.78 is 25.6. The van der Waals surface area contributed by atoms with Crippen molar-refractivity contribution in [2.24, 2.45) is 4.99 Å². The van der Waals surface area contributed by atoms with E-state index in [0.717, 1.165) is 0 Å². The first-order valence-corrected chi connectivity index (χ1v) is 11.6. The predicted octanol–water partition coefficient (Wildman–Crippen LogP) is 4.63. The molecule has 0 radical (unpaired) electrons. The Morgan fingerprint density at radius 2 is 2.14 bits per heavy atom. The molecule has 0 bridgehead atoms. The summed E-state index contributed by atoms with van der Waals surface area (Å²) in [4.78, 5) is 8.35. The van der Waals surface area contributed by atoms with Crippen LogP contribution in [0.2, 0.25) is 10.0 Å². The summed E-state index contributed by atoms with van der Waals surface area (Å²) in [7, 11) is 0. The molecule has 9 nitrogen and oxygen atoms in total. The maximum atomic E-state index is 8.79. The molecule has 2 aromatic carbocycles. The molecular formula is C24H23Cl2N5O4. The Kier molecular flexibility index (Phi) is 8.10. The van der Waals surface area contributed by atoms with Crippen molar-refractivity contribution in [1.82, 2.24) is 14.9 Å². The van der Waals surface area contributed by atoms with Crippen molar-refractivity contribution in [2.75, 3.05) is 19.8 Å². The van der Waals surface area contributed by atoms with Crippen LogP contribution in [0.4, 0.5) is 5.69 Å². The van der Waals surface area contributed by atoms with E-state index in [4.69, 9.17) is 47.4 Å². The lowest BCUT2D eigenvalue weighted by Gasteiger charge is -2.30. The summed E-state index contributed by atoms with van der Waals surface area (Å²) in [5.41, 5.74) is 1.29. The molecule has 1 aromatic heterocycles.